The number of alkyl halides is 3. The van der Waals surface area contributed by atoms with E-state index in [1.54, 1.807) is 6.92 Å². The van der Waals surface area contributed by atoms with Crippen LogP contribution in [0.1, 0.15) is 33.6 Å². The topological polar surface area (TPSA) is 30.0 Å². The van der Waals surface area contributed by atoms with Gasteiger partial charge >= 0.3 is 0 Å². The highest BCUT2D eigenvalue weighted by atomic mass is 35.5. The van der Waals surface area contributed by atoms with Crippen molar-refractivity contribution in [1.29, 1.82) is 0 Å². The number of hydrogen-bond acceptors (Lipinski definition) is 2. The van der Waals surface area contributed by atoms with Crippen LogP contribution in [0, 0.1) is 6.92 Å². The quantitative estimate of drug-likeness (QED) is 0.578. The first kappa shape index (κ1) is 11.0. The van der Waals surface area contributed by atoms with Crippen LogP contribution in [0.25, 0.3) is 0 Å². The summed E-state index contributed by atoms with van der Waals surface area (Å²) in [6.07, 6.45) is -1.29. The summed E-state index contributed by atoms with van der Waals surface area (Å²) in [6.45, 7) is 1.62. The molecule has 76 valence electrons. The van der Waals surface area contributed by atoms with Gasteiger partial charge in [-0.2, -0.15) is 0 Å². The Morgan fingerprint density at radius 3 is 2.71 bits per heavy atom. The number of halogens is 3. The summed E-state index contributed by atoms with van der Waals surface area (Å²) in [6, 6.07) is 0. The summed E-state index contributed by atoms with van der Waals surface area (Å²) in [5.74, 6) is 0.00741. The Morgan fingerprint density at radius 2 is 2.29 bits per heavy atom. The minimum absolute atomic E-state index is 0.00741. The second-order valence-electron chi connectivity index (χ2n) is 2.74. The number of aryl methyl sites for hydroxylation is 1. The zero-order valence-corrected chi connectivity index (χ0v) is 8.18. The largest absolute Gasteiger partial charge is 0.298 e. The van der Waals surface area contributed by atoms with Gasteiger partial charge in [0, 0.05) is 28.9 Å². The monoisotopic (exact) mass is 219 g/mol. The van der Waals surface area contributed by atoms with Gasteiger partial charge in [0.2, 0.25) is 0 Å². The van der Waals surface area contributed by atoms with Gasteiger partial charge in [-0.05, 0) is 12.5 Å². The third-order valence-corrected chi connectivity index (χ3v) is 2.22. The number of carbonyl (C=O) groups is 1. The van der Waals surface area contributed by atoms with E-state index >= 15 is 0 Å². The maximum Gasteiger partial charge on any atom is 0.266 e. The molecule has 0 spiro atoms. The van der Waals surface area contributed by atoms with Gasteiger partial charge in [-0.25, -0.2) is 8.78 Å². The van der Waals surface area contributed by atoms with Gasteiger partial charge in [0.25, 0.3) is 6.43 Å². The SMILES string of the molecule is Cc1ncc(C(F)F)c(C=O)c1CCl. The zero-order valence-electron chi connectivity index (χ0n) is 7.43. The first-order valence-corrected chi connectivity index (χ1v) is 4.43. The maximum absolute atomic E-state index is 12.4. The van der Waals surface area contributed by atoms with Gasteiger partial charge in [0.1, 0.15) is 0 Å². The molecule has 5 heteroatoms. The Kier molecular flexibility index (Phi) is 3.52. The van der Waals surface area contributed by atoms with Crippen LogP contribution >= 0.6 is 11.6 Å². The molecule has 0 aromatic carbocycles. The van der Waals surface area contributed by atoms with Gasteiger partial charge in [0.05, 0.1) is 0 Å². The van der Waals surface area contributed by atoms with E-state index in [4.69, 9.17) is 11.6 Å². The van der Waals surface area contributed by atoms with E-state index in [-0.39, 0.29) is 17.0 Å². The van der Waals surface area contributed by atoms with Crippen LogP contribution in [0.2, 0.25) is 0 Å². The third-order valence-electron chi connectivity index (χ3n) is 1.96. The highest BCUT2D eigenvalue weighted by Gasteiger charge is 2.17. The molecular formula is C9H8ClF2NO. The molecule has 14 heavy (non-hydrogen) atoms. The number of pyridine rings is 1. The van der Waals surface area contributed by atoms with E-state index in [0.29, 0.717) is 17.5 Å². The fraction of sp³-hybridized carbons (Fsp3) is 0.333. The normalized spacial score (nSPS) is 10.6. The van der Waals surface area contributed by atoms with Gasteiger partial charge in [-0.1, -0.05) is 0 Å². The van der Waals surface area contributed by atoms with E-state index in [2.05, 4.69) is 4.98 Å². The van der Waals surface area contributed by atoms with Crippen LogP contribution in [0.4, 0.5) is 8.78 Å². The molecule has 0 fully saturated rings. The summed E-state index contributed by atoms with van der Waals surface area (Å²) in [5.41, 5.74) is 0.481. The lowest BCUT2D eigenvalue weighted by Gasteiger charge is -2.09. The fourth-order valence-electron chi connectivity index (χ4n) is 1.16. The molecule has 1 rings (SSSR count). The third kappa shape index (κ3) is 1.90. The van der Waals surface area contributed by atoms with Crippen molar-refractivity contribution in [2.24, 2.45) is 0 Å². The molecule has 0 saturated heterocycles. The number of aromatic nitrogens is 1. The Morgan fingerprint density at radius 1 is 1.64 bits per heavy atom. The lowest BCUT2D eigenvalue weighted by Crippen LogP contribution is -2.03. The van der Waals surface area contributed by atoms with E-state index in [9.17, 15) is 13.6 Å². The van der Waals surface area contributed by atoms with Crippen molar-refractivity contribution in [3.63, 3.8) is 0 Å². The predicted molar refractivity (Wildman–Crippen MR) is 48.9 cm³/mol. The molecule has 1 aromatic heterocycles. The van der Waals surface area contributed by atoms with Crippen LogP contribution in [-0.4, -0.2) is 11.3 Å². The molecule has 0 radical (unpaired) electrons. The first-order valence-electron chi connectivity index (χ1n) is 3.89. The molecule has 0 saturated carbocycles. The van der Waals surface area contributed by atoms with E-state index in [1.807, 2.05) is 0 Å². The lowest BCUT2D eigenvalue weighted by molar-refractivity contribution is 0.110. The van der Waals surface area contributed by atoms with Crippen LogP contribution in [-0.2, 0) is 5.88 Å². The average molecular weight is 220 g/mol. The molecule has 0 atom stereocenters. The van der Waals surface area contributed by atoms with Crippen molar-refractivity contribution in [3.8, 4) is 0 Å². The van der Waals surface area contributed by atoms with E-state index < -0.39 is 6.43 Å². The molecular weight excluding hydrogens is 212 g/mol. The second kappa shape index (κ2) is 4.46. The van der Waals surface area contributed by atoms with Gasteiger partial charge in [-0.3, -0.25) is 9.78 Å². The molecule has 0 N–H and O–H groups in total. The molecule has 0 unspecified atom stereocenters. The molecule has 1 heterocycles. The second-order valence-corrected chi connectivity index (χ2v) is 3.01. The zero-order chi connectivity index (χ0) is 10.7. The van der Waals surface area contributed by atoms with Gasteiger partial charge in [0.15, 0.2) is 6.29 Å². The van der Waals surface area contributed by atoms with E-state index in [1.165, 1.54) is 0 Å². The number of rotatable bonds is 3. The van der Waals surface area contributed by atoms with Crippen LogP contribution < -0.4 is 0 Å². The van der Waals surface area contributed by atoms with Crippen LogP contribution in [0.3, 0.4) is 0 Å². The maximum atomic E-state index is 12.4. The molecule has 0 aliphatic heterocycles. The van der Waals surface area contributed by atoms with E-state index in [0.717, 1.165) is 6.20 Å². The molecule has 0 aliphatic carbocycles. The highest BCUT2D eigenvalue weighted by molar-refractivity contribution is 6.17. The molecule has 0 bridgehead atoms. The standard InChI is InChI=1S/C9H8ClF2NO/c1-5-6(2-10)8(4-14)7(3-13-5)9(11)12/h3-4,9H,2H2,1H3. The summed E-state index contributed by atoms with van der Waals surface area (Å²) >= 11 is 5.55. The molecule has 0 amide bonds. The van der Waals surface area contributed by atoms with Crippen LogP contribution in [0.15, 0.2) is 6.20 Å². The summed E-state index contributed by atoms with van der Waals surface area (Å²) < 4.78 is 24.8. The van der Waals surface area contributed by atoms with Gasteiger partial charge < -0.3 is 0 Å². The first-order chi connectivity index (χ1) is 6.61. The van der Waals surface area contributed by atoms with Crippen molar-refractivity contribution >= 4 is 17.9 Å². The lowest BCUT2D eigenvalue weighted by atomic mass is 10.0. The molecule has 1 aromatic rings. The minimum Gasteiger partial charge on any atom is -0.298 e. The average Bonchev–Trinajstić information content (AvgIpc) is 2.16. The van der Waals surface area contributed by atoms with Crippen LogP contribution in [0.5, 0.6) is 0 Å². The highest BCUT2D eigenvalue weighted by Crippen LogP contribution is 2.25. The number of aldehydes is 1. The molecule has 0 aliphatic rings. The summed E-state index contributed by atoms with van der Waals surface area (Å²) in [7, 11) is 0. The smallest absolute Gasteiger partial charge is 0.266 e. The number of hydrogen-bond donors (Lipinski definition) is 0. The predicted octanol–water partition coefficient (Wildman–Crippen LogP) is 2.88. The van der Waals surface area contributed by atoms with Crippen molar-refractivity contribution in [2.75, 3.05) is 0 Å². The van der Waals surface area contributed by atoms with Crippen molar-refractivity contribution in [2.45, 2.75) is 19.2 Å². The van der Waals surface area contributed by atoms with Gasteiger partial charge in [-0.15, -0.1) is 11.6 Å². The Bertz CT molecular complexity index is 355. The fourth-order valence-corrected chi connectivity index (χ4v) is 1.50. The summed E-state index contributed by atoms with van der Waals surface area (Å²) in [4.78, 5) is 14.4. The number of nitrogens with zero attached hydrogens (tertiary/aromatic N) is 1. The van der Waals surface area contributed by atoms with Crippen molar-refractivity contribution in [1.82, 2.24) is 4.98 Å². The summed E-state index contributed by atoms with van der Waals surface area (Å²) in [5, 5.41) is 0. The molecule has 2 nitrogen and oxygen atoms in total. The van der Waals surface area contributed by atoms with Crippen molar-refractivity contribution < 1.29 is 13.6 Å². The van der Waals surface area contributed by atoms with Crippen molar-refractivity contribution in [3.05, 3.63) is 28.6 Å². The number of carbonyl (C=O) groups excluding carboxylic acids is 1. The Labute approximate surface area is 84.9 Å². The minimum atomic E-state index is -2.70. The Hall–Kier alpha value is -1.03. The Balaban J connectivity index is 3.40.